The molecule has 0 aromatic heterocycles. The smallest absolute Gasteiger partial charge is 0.252 e. The number of carbonyl (C=O) groups excluding carboxylic acids is 1. The zero-order valence-electron chi connectivity index (χ0n) is 15.2. The molecule has 2 aromatic rings. The predicted octanol–water partition coefficient (Wildman–Crippen LogP) is 3.34. The number of nitrogens with one attached hydrogen (secondary N) is 1. The highest BCUT2D eigenvalue weighted by Gasteiger charge is 2.21. The van der Waals surface area contributed by atoms with E-state index in [1.807, 2.05) is 31.2 Å². The minimum Gasteiger partial charge on any atom is -0.377 e. The van der Waals surface area contributed by atoms with Crippen LogP contribution in [0.15, 0.2) is 53.4 Å². The summed E-state index contributed by atoms with van der Waals surface area (Å²) in [5, 5.41) is 2.80. The Balaban J connectivity index is 2.07. The Hall–Kier alpha value is -2.18. The molecule has 0 saturated heterocycles. The number of hydrogen-bond acceptors (Lipinski definition) is 4. The van der Waals surface area contributed by atoms with Crippen LogP contribution in [0.4, 0.5) is 0 Å². The molecule has 0 aliphatic heterocycles. The van der Waals surface area contributed by atoms with Crippen molar-refractivity contribution in [2.24, 2.45) is 0 Å². The van der Waals surface area contributed by atoms with E-state index < -0.39 is 15.7 Å². The van der Waals surface area contributed by atoms with E-state index in [2.05, 4.69) is 5.32 Å². The first-order valence-electron chi connectivity index (χ1n) is 8.73. The lowest BCUT2D eigenvalue weighted by atomic mass is 10.1. The summed E-state index contributed by atoms with van der Waals surface area (Å²) in [7, 11) is -3.46. The van der Waals surface area contributed by atoms with Crippen LogP contribution in [0.25, 0.3) is 0 Å². The molecule has 0 aliphatic carbocycles. The predicted molar refractivity (Wildman–Crippen MR) is 102 cm³/mol. The number of sulfone groups is 1. The fraction of sp³-hybridized carbons (Fsp3) is 0.350. The van der Waals surface area contributed by atoms with E-state index >= 15 is 0 Å². The fourth-order valence-corrected chi connectivity index (χ4v) is 4.09. The van der Waals surface area contributed by atoms with Gasteiger partial charge >= 0.3 is 0 Å². The van der Waals surface area contributed by atoms with Gasteiger partial charge in [-0.1, -0.05) is 43.3 Å². The quantitative estimate of drug-likeness (QED) is 0.730. The van der Waals surface area contributed by atoms with Crippen molar-refractivity contribution in [1.29, 1.82) is 0 Å². The van der Waals surface area contributed by atoms with Crippen molar-refractivity contribution >= 4 is 15.7 Å². The SMILES string of the molecule is CCCS(=O)(=O)c1ccccc1C(=O)NCc1ccc(COCC)cc1. The highest BCUT2D eigenvalue weighted by molar-refractivity contribution is 7.91. The molecule has 0 spiro atoms. The third kappa shape index (κ3) is 5.41. The van der Waals surface area contributed by atoms with Crippen LogP contribution in [0.1, 0.15) is 41.8 Å². The standard InChI is InChI=1S/C20H25NO4S/c1-3-13-26(23,24)19-8-6-5-7-18(19)20(22)21-14-16-9-11-17(12-10-16)15-25-4-2/h5-12H,3-4,13-15H2,1-2H3,(H,21,22). The van der Waals surface area contributed by atoms with Crippen LogP contribution in [0.2, 0.25) is 0 Å². The molecule has 1 amide bonds. The van der Waals surface area contributed by atoms with Crippen LogP contribution in [-0.2, 0) is 27.7 Å². The Morgan fingerprint density at radius 3 is 2.31 bits per heavy atom. The number of carbonyl (C=O) groups is 1. The van der Waals surface area contributed by atoms with E-state index in [0.717, 1.165) is 11.1 Å². The largest absolute Gasteiger partial charge is 0.377 e. The van der Waals surface area contributed by atoms with Gasteiger partial charge in [-0.15, -0.1) is 0 Å². The van der Waals surface area contributed by atoms with Gasteiger partial charge in [-0.2, -0.15) is 0 Å². The average molecular weight is 375 g/mol. The molecule has 0 heterocycles. The van der Waals surface area contributed by atoms with E-state index in [0.29, 0.717) is 26.2 Å². The molecule has 5 nitrogen and oxygen atoms in total. The Labute approximate surface area is 155 Å². The lowest BCUT2D eigenvalue weighted by Gasteiger charge is -2.11. The second-order valence-electron chi connectivity index (χ2n) is 5.95. The first-order valence-corrected chi connectivity index (χ1v) is 10.4. The zero-order chi connectivity index (χ0) is 19.0. The van der Waals surface area contributed by atoms with Crippen LogP contribution in [-0.4, -0.2) is 26.7 Å². The second-order valence-corrected chi connectivity index (χ2v) is 8.03. The molecule has 2 aromatic carbocycles. The van der Waals surface area contributed by atoms with Gasteiger partial charge in [0.05, 0.1) is 22.8 Å². The van der Waals surface area contributed by atoms with Crippen LogP contribution >= 0.6 is 0 Å². The highest BCUT2D eigenvalue weighted by Crippen LogP contribution is 2.18. The van der Waals surface area contributed by atoms with Gasteiger partial charge in [0.15, 0.2) is 9.84 Å². The van der Waals surface area contributed by atoms with Crippen LogP contribution < -0.4 is 5.32 Å². The van der Waals surface area contributed by atoms with Crippen LogP contribution in [0, 0.1) is 0 Å². The molecule has 0 fully saturated rings. The van der Waals surface area contributed by atoms with Crippen molar-refractivity contribution in [2.45, 2.75) is 38.3 Å². The fourth-order valence-electron chi connectivity index (χ4n) is 2.55. The Morgan fingerprint density at radius 1 is 1.00 bits per heavy atom. The molecule has 26 heavy (non-hydrogen) atoms. The molecule has 0 unspecified atom stereocenters. The van der Waals surface area contributed by atoms with Gasteiger partial charge in [0.25, 0.3) is 5.91 Å². The lowest BCUT2D eigenvalue weighted by Crippen LogP contribution is -2.25. The van der Waals surface area contributed by atoms with Crippen molar-refractivity contribution in [3.63, 3.8) is 0 Å². The number of amides is 1. The van der Waals surface area contributed by atoms with Crippen molar-refractivity contribution in [2.75, 3.05) is 12.4 Å². The van der Waals surface area contributed by atoms with E-state index in [-0.39, 0.29) is 16.2 Å². The summed E-state index contributed by atoms with van der Waals surface area (Å²) in [6, 6.07) is 14.1. The van der Waals surface area contributed by atoms with Gasteiger partial charge < -0.3 is 10.1 Å². The first kappa shape index (κ1) is 20.1. The summed E-state index contributed by atoms with van der Waals surface area (Å²) in [6.45, 7) is 5.30. The minimum absolute atomic E-state index is 0.0264. The number of rotatable bonds is 9. The number of benzene rings is 2. The minimum atomic E-state index is -3.46. The van der Waals surface area contributed by atoms with Crippen molar-refractivity contribution < 1.29 is 17.9 Å². The molecule has 0 bridgehead atoms. The second kappa shape index (κ2) is 9.50. The highest BCUT2D eigenvalue weighted by atomic mass is 32.2. The van der Waals surface area contributed by atoms with E-state index in [1.54, 1.807) is 25.1 Å². The van der Waals surface area contributed by atoms with Crippen molar-refractivity contribution in [3.05, 3.63) is 65.2 Å². The molecule has 0 aliphatic rings. The Bertz CT molecular complexity index is 829. The zero-order valence-corrected chi connectivity index (χ0v) is 16.0. The molecular formula is C20H25NO4S. The third-order valence-electron chi connectivity index (χ3n) is 3.89. The Kier molecular flexibility index (Phi) is 7.36. The van der Waals surface area contributed by atoms with Crippen LogP contribution in [0.3, 0.4) is 0 Å². The summed E-state index contributed by atoms with van der Waals surface area (Å²) < 4.78 is 30.1. The summed E-state index contributed by atoms with van der Waals surface area (Å²) in [6.07, 6.45) is 0.506. The molecule has 0 saturated carbocycles. The van der Waals surface area contributed by atoms with Gasteiger partial charge in [-0.25, -0.2) is 8.42 Å². The molecule has 1 N–H and O–H groups in total. The van der Waals surface area contributed by atoms with Crippen LogP contribution in [0.5, 0.6) is 0 Å². The van der Waals surface area contributed by atoms with Gasteiger partial charge in [-0.05, 0) is 36.6 Å². The normalized spacial score (nSPS) is 11.3. The van der Waals surface area contributed by atoms with Gasteiger partial charge in [0, 0.05) is 13.2 Å². The molecule has 2 rings (SSSR count). The first-order chi connectivity index (χ1) is 12.5. The van der Waals surface area contributed by atoms with E-state index in [1.165, 1.54) is 6.07 Å². The van der Waals surface area contributed by atoms with Gasteiger partial charge in [-0.3, -0.25) is 4.79 Å². The van der Waals surface area contributed by atoms with E-state index in [4.69, 9.17) is 4.74 Å². The van der Waals surface area contributed by atoms with E-state index in [9.17, 15) is 13.2 Å². The number of hydrogen-bond donors (Lipinski definition) is 1. The summed E-state index contributed by atoms with van der Waals surface area (Å²) in [5.74, 6) is -0.364. The monoisotopic (exact) mass is 375 g/mol. The molecule has 140 valence electrons. The summed E-state index contributed by atoms with van der Waals surface area (Å²) >= 11 is 0. The lowest BCUT2D eigenvalue weighted by molar-refractivity contribution is 0.0947. The maximum absolute atomic E-state index is 12.5. The van der Waals surface area contributed by atoms with Crippen molar-refractivity contribution in [3.8, 4) is 0 Å². The molecular weight excluding hydrogens is 350 g/mol. The molecule has 6 heteroatoms. The Morgan fingerprint density at radius 2 is 1.65 bits per heavy atom. The topological polar surface area (TPSA) is 72.5 Å². The number of ether oxygens (including phenoxy) is 1. The third-order valence-corrected chi connectivity index (χ3v) is 5.86. The summed E-state index contributed by atoms with van der Waals surface area (Å²) in [4.78, 5) is 12.6. The molecule has 0 radical (unpaired) electrons. The average Bonchev–Trinajstić information content (AvgIpc) is 2.65. The van der Waals surface area contributed by atoms with Crippen molar-refractivity contribution in [1.82, 2.24) is 5.32 Å². The van der Waals surface area contributed by atoms with Gasteiger partial charge in [0.1, 0.15) is 0 Å². The summed E-state index contributed by atoms with van der Waals surface area (Å²) in [5.41, 5.74) is 2.19. The van der Waals surface area contributed by atoms with Gasteiger partial charge in [0.2, 0.25) is 0 Å². The maximum atomic E-state index is 12.5. The maximum Gasteiger partial charge on any atom is 0.252 e. The molecule has 0 atom stereocenters.